The molecule has 1 saturated carbocycles. The summed E-state index contributed by atoms with van der Waals surface area (Å²) in [5, 5.41) is 7.94. The molecule has 1 aliphatic carbocycles. The van der Waals surface area contributed by atoms with Crippen LogP contribution in [0.4, 0.5) is 21.7 Å². The van der Waals surface area contributed by atoms with Gasteiger partial charge in [-0.2, -0.15) is 0 Å². The number of pyridine rings is 2. The number of rotatable bonds is 11. The summed E-state index contributed by atoms with van der Waals surface area (Å²) in [4.78, 5) is 20.8. The van der Waals surface area contributed by atoms with Crippen LogP contribution in [-0.2, 0) is 4.74 Å². The maximum Gasteiger partial charge on any atom is 0.252 e. The summed E-state index contributed by atoms with van der Waals surface area (Å²) in [6, 6.07) is 8.33. The molecule has 2 aromatic heterocycles. The number of aromatic nitrogens is 2. The van der Waals surface area contributed by atoms with E-state index in [4.69, 9.17) is 20.9 Å². The number of nitrogens with one attached hydrogen (secondary N) is 2. The third-order valence-corrected chi connectivity index (χ3v) is 6.29. The van der Waals surface area contributed by atoms with Crippen LogP contribution in [0.15, 0.2) is 36.5 Å². The summed E-state index contributed by atoms with van der Waals surface area (Å²) < 4.78 is 26.2. The van der Waals surface area contributed by atoms with Gasteiger partial charge in [0.05, 0.1) is 12.2 Å². The van der Waals surface area contributed by atoms with Crippen LogP contribution in [0.5, 0.6) is 5.88 Å². The molecule has 1 aliphatic rings. The number of primary amides is 1. The number of carbonyl (C=O) groups excluding carboxylic acids is 1. The molecule has 3 aromatic rings. The van der Waals surface area contributed by atoms with E-state index in [1.54, 1.807) is 6.20 Å². The Morgan fingerprint density at radius 1 is 1.16 bits per heavy atom. The number of carbonyl (C=O) groups is 1. The highest BCUT2D eigenvalue weighted by Gasteiger charge is 2.24. The smallest absolute Gasteiger partial charge is 0.252 e. The number of hydrogen-bond acceptors (Lipinski definition) is 8. The standard InChI is InChI=1S/C27H35FN6O3/c1-16(2)15-36-11-12-37-27-19-8-7-18(13-17(19)9-10-31-27)32-25-20(24(30)35)14-21(28)26(34-25)33-23-6-4-3-5-22(23)29/h7-10,13-14,16,22-23H,3-6,11-12,15,29H2,1-2H3,(H2,30,35)(H2,32,33,34)/t22-,23?/m0/s1. The summed E-state index contributed by atoms with van der Waals surface area (Å²) in [6.45, 7) is 5.73. The highest BCUT2D eigenvalue weighted by molar-refractivity contribution is 5.99. The maximum absolute atomic E-state index is 14.8. The molecule has 2 atom stereocenters. The van der Waals surface area contributed by atoms with Gasteiger partial charge in [0.15, 0.2) is 11.6 Å². The molecule has 1 aromatic carbocycles. The number of benzene rings is 1. The van der Waals surface area contributed by atoms with E-state index in [0.29, 0.717) is 37.3 Å². The highest BCUT2D eigenvalue weighted by Crippen LogP contribution is 2.30. The van der Waals surface area contributed by atoms with Gasteiger partial charge in [0, 0.05) is 36.0 Å². The summed E-state index contributed by atoms with van der Waals surface area (Å²) >= 11 is 0. The van der Waals surface area contributed by atoms with E-state index in [1.165, 1.54) is 0 Å². The van der Waals surface area contributed by atoms with Crippen molar-refractivity contribution in [3.8, 4) is 5.88 Å². The molecule has 6 N–H and O–H groups in total. The predicted molar refractivity (Wildman–Crippen MR) is 143 cm³/mol. The topological polar surface area (TPSA) is 137 Å². The second-order valence-electron chi connectivity index (χ2n) is 9.77. The molecule has 37 heavy (non-hydrogen) atoms. The Morgan fingerprint density at radius 3 is 2.73 bits per heavy atom. The van der Waals surface area contributed by atoms with Gasteiger partial charge < -0.3 is 31.6 Å². The lowest BCUT2D eigenvalue weighted by atomic mass is 9.91. The van der Waals surface area contributed by atoms with Crippen molar-refractivity contribution >= 4 is 34.0 Å². The van der Waals surface area contributed by atoms with Crippen molar-refractivity contribution in [2.24, 2.45) is 17.4 Å². The largest absolute Gasteiger partial charge is 0.475 e. The molecule has 9 nitrogen and oxygen atoms in total. The lowest BCUT2D eigenvalue weighted by molar-refractivity contribution is 0.0811. The van der Waals surface area contributed by atoms with E-state index in [0.717, 1.165) is 42.5 Å². The van der Waals surface area contributed by atoms with Gasteiger partial charge >= 0.3 is 0 Å². The summed E-state index contributed by atoms with van der Waals surface area (Å²) in [5.41, 5.74) is 12.3. The second kappa shape index (κ2) is 12.2. The Bertz CT molecular complexity index is 1240. The lowest BCUT2D eigenvalue weighted by Gasteiger charge is -2.30. The molecule has 2 heterocycles. The van der Waals surface area contributed by atoms with Crippen molar-refractivity contribution in [3.63, 3.8) is 0 Å². The summed E-state index contributed by atoms with van der Waals surface area (Å²) in [7, 11) is 0. The van der Waals surface area contributed by atoms with Crippen molar-refractivity contribution in [1.29, 1.82) is 0 Å². The van der Waals surface area contributed by atoms with Crippen molar-refractivity contribution in [1.82, 2.24) is 9.97 Å². The molecular formula is C27H35FN6O3. The molecule has 198 valence electrons. The van der Waals surface area contributed by atoms with Gasteiger partial charge in [-0.15, -0.1) is 0 Å². The number of fused-ring (bicyclic) bond motifs is 1. The van der Waals surface area contributed by atoms with Crippen LogP contribution in [0.2, 0.25) is 0 Å². The first-order chi connectivity index (χ1) is 17.8. The SMILES string of the molecule is CC(C)COCCOc1nccc2cc(Nc3nc(NC4CCCC[C@@H]4N)c(F)cc3C(N)=O)ccc12. The van der Waals surface area contributed by atoms with Gasteiger partial charge in [-0.1, -0.05) is 26.7 Å². The number of nitrogens with two attached hydrogens (primary N) is 2. The van der Waals surface area contributed by atoms with Crippen LogP contribution < -0.4 is 26.8 Å². The zero-order chi connectivity index (χ0) is 26.4. The normalized spacial score (nSPS) is 17.6. The van der Waals surface area contributed by atoms with Gasteiger partial charge in [0.2, 0.25) is 5.88 Å². The third kappa shape index (κ3) is 6.84. The number of nitrogens with zero attached hydrogens (tertiary/aromatic N) is 2. The van der Waals surface area contributed by atoms with E-state index < -0.39 is 11.7 Å². The fourth-order valence-electron chi connectivity index (χ4n) is 4.38. The molecular weight excluding hydrogens is 475 g/mol. The van der Waals surface area contributed by atoms with Crippen LogP contribution >= 0.6 is 0 Å². The average Bonchev–Trinajstić information content (AvgIpc) is 2.86. The molecule has 4 rings (SSSR count). The van der Waals surface area contributed by atoms with Crippen LogP contribution in [0.25, 0.3) is 10.8 Å². The van der Waals surface area contributed by atoms with E-state index in [1.807, 2.05) is 24.3 Å². The van der Waals surface area contributed by atoms with E-state index in [2.05, 4.69) is 34.4 Å². The van der Waals surface area contributed by atoms with Gasteiger partial charge in [0.1, 0.15) is 12.4 Å². The quantitative estimate of drug-likeness (QED) is 0.280. The monoisotopic (exact) mass is 510 g/mol. The number of halogens is 1. The summed E-state index contributed by atoms with van der Waals surface area (Å²) in [5.74, 6) is -0.270. The Morgan fingerprint density at radius 2 is 1.97 bits per heavy atom. The van der Waals surface area contributed by atoms with E-state index >= 15 is 0 Å². The first-order valence-electron chi connectivity index (χ1n) is 12.7. The Hall–Kier alpha value is -3.50. The minimum Gasteiger partial charge on any atom is -0.475 e. The fourth-order valence-corrected chi connectivity index (χ4v) is 4.38. The van der Waals surface area contributed by atoms with Gasteiger partial charge in [-0.05, 0) is 54.5 Å². The maximum atomic E-state index is 14.8. The number of ether oxygens (including phenoxy) is 2. The predicted octanol–water partition coefficient (Wildman–Crippen LogP) is 4.34. The number of hydrogen-bond donors (Lipinski definition) is 4. The van der Waals surface area contributed by atoms with Crippen LogP contribution in [-0.4, -0.2) is 47.8 Å². The zero-order valence-corrected chi connectivity index (χ0v) is 21.3. The highest BCUT2D eigenvalue weighted by atomic mass is 19.1. The molecule has 0 saturated heterocycles. The molecule has 10 heteroatoms. The first kappa shape index (κ1) is 26.6. The second-order valence-corrected chi connectivity index (χ2v) is 9.77. The van der Waals surface area contributed by atoms with E-state index in [9.17, 15) is 9.18 Å². The molecule has 0 spiro atoms. The van der Waals surface area contributed by atoms with Gasteiger partial charge in [-0.3, -0.25) is 4.79 Å². The Labute approximate surface area is 216 Å². The molecule has 0 bridgehead atoms. The van der Waals surface area contributed by atoms with Gasteiger partial charge in [-0.25, -0.2) is 14.4 Å². The van der Waals surface area contributed by atoms with Crippen molar-refractivity contribution in [2.45, 2.75) is 51.6 Å². The Kier molecular flexibility index (Phi) is 8.73. The van der Waals surface area contributed by atoms with Gasteiger partial charge in [0.25, 0.3) is 5.91 Å². The average molecular weight is 511 g/mol. The molecule has 1 unspecified atom stereocenters. The molecule has 0 radical (unpaired) electrons. The Balaban J connectivity index is 1.53. The molecule has 1 amide bonds. The zero-order valence-electron chi connectivity index (χ0n) is 21.3. The molecule has 1 fully saturated rings. The van der Waals surface area contributed by atoms with Crippen LogP contribution in [0.3, 0.4) is 0 Å². The lowest BCUT2D eigenvalue weighted by Crippen LogP contribution is -2.43. The fraction of sp³-hybridized carbons (Fsp3) is 0.444. The minimum atomic E-state index is -0.782. The third-order valence-electron chi connectivity index (χ3n) is 6.29. The minimum absolute atomic E-state index is 0.0372. The van der Waals surface area contributed by atoms with Crippen molar-refractivity contribution in [3.05, 3.63) is 47.9 Å². The van der Waals surface area contributed by atoms with Crippen LogP contribution in [0.1, 0.15) is 49.9 Å². The summed E-state index contributed by atoms with van der Waals surface area (Å²) in [6.07, 6.45) is 5.43. The molecule has 0 aliphatic heterocycles. The van der Waals surface area contributed by atoms with E-state index in [-0.39, 0.29) is 29.3 Å². The first-order valence-corrected chi connectivity index (χ1v) is 12.7. The van der Waals surface area contributed by atoms with Crippen molar-refractivity contribution in [2.75, 3.05) is 30.5 Å². The number of amides is 1. The number of anilines is 3. The van der Waals surface area contributed by atoms with Crippen LogP contribution in [0, 0.1) is 11.7 Å². The van der Waals surface area contributed by atoms with Crippen molar-refractivity contribution < 1.29 is 18.7 Å².